The van der Waals surface area contributed by atoms with Crippen LogP contribution in [0.3, 0.4) is 0 Å². The molecule has 0 spiro atoms. The second-order valence-electron chi connectivity index (χ2n) is 2.71. The van der Waals surface area contributed by atoms with Crippen molar-refractivity contribution in [2.45, 2.75) is 13.0 Å². The highest BCUT2D eigenvalue weighted by Gasteiger charge is 2.10. The van der Waals surface area contributed by atoms with Crippen LogP contribution in [-0.2, 0) is 4.79 Å². The van der Waals surface area contributed by atoms with E-state index in [0.717, 1.165) is 6.54 Å². The van der Waals surface area contributed by atoms with Gasteiger partial charge in [-0.15, -0.1) is 0 Å². The van der Waals surface area contributed by atoms with Crippen molar-refractivity contribution in [1.29, 1.82) is 0 Å². The van der Waals surface area contributed by atoms with Crippen LogP contribution >= 0.6 is 0 Å². The predicted molar refractivity (Wildman–Crippen MR) is 42.1 cm³/mol. The molecule has 0 aromatic rings. The number of hydrogen-bond acceptors (Lipinski definition) is 3. The Bertz CT molecular complexity index is 112. The molecule has 0 heterocycles. The number of likely N-dealkylation sites (N-methyl/N-ethyl adjacent to an activating group) is 2. The summed E-state index contributed by atoms with van der Waals surface area (Å²) in [6.45, 7) is 2.37. The molecule has 0 aliphatic carbocycles. The molecule has 0 saturated heterocycles. The molecule has 0 saturated carbocycles. The fraction of sp³-hybridized carbons (Fsp3) is 0.857. The summed E-state index contributed by atoms with van der Waals surface area (Å²) >= 11 is 0. The van der Waals surface area contributed by atoms with Gasteiger partial charge in [0.1, 0.15) is 5.78 Å². The maximum Gasteiger partial charge on any atom is 0.147 e. The van der Waals surface area contributed by atoms with Gasteiger partial charge >= 0.3 is 0 Å². The van der Waals surface area contributed by atoms with Crippen LogP contribution in [-0.4, -0.2) is 44.4 Å². The summed E-state index contributed by atoms with van der Waals surface area (Å²) in [5, 5.41) is 2.94. The van der Waals surface area contributed by atoms with E-state index in [1.807, 2.05) is 19.0 Å². The number of Topliss-reactive ketones (excluding diaryl/α,β-unsaturated/α-hetero) is 1. The van der Waals surface area contributed by atoms with Gasteiger partial charge in [-0.25, -0.2) is 0 Å². The van der Waals surface area contributed by atoms with Gasteiger partial charge in [-0.1, -0.05) is 0 Å². The Kier molecular flexibility index (Phi) is 4.23. The van der Waals surface area contributed by atoms with E-state index in [4.69, 9.17) is 0 Å². The van der Waals surface area contributed by atoms with Crippen molar-refractivity contribution in [1.82, 2.24) is 10.2 Å². The molecule has 3 heteroatoms. The van der Waals surface area contributed by atoms with Crippen molar-refractivity contribution in [3.8, 4) is 0 Å². The number of nitrogens with zero attached hydrogens (tertiary/aromatic N) is 1. The third kappa shape index (κ3) is 3.58. The Hall–Kier alpha value is -0.410. The Labute approximate surface area is 62.4 Å². The first-order valence-electron chi connectivity index (χ1n) is 3.40. The van der Waals surface area contributed by atoms with Gasteiger partial charge in [-0.2, -0.15) is 0 Å². The average molecular weight is 144 g/mol. The first kappa shape index (κ1) is 9.59. The third-order valence-corrected chi connectivity index (χ3v) is 1.39. The lowest BCUT2D eigenvalue weighted by Crippen LogP contribution is -2.41. The Morgan fingerprint density at radius 3 is 2.20 bits per heavy atom. The number of ketones is 1. The third-order valence-electron chi connectivity index (χ3n) is 1.39. The standard InChI is InChI=1S/C7H16N2O/c1-6(10)7(8-2)5-9(3)4/h7-8H,5H2,1-4H3/t7-/m1/s1. The van der Waals surface area contributed by atoms with E-state index >= 15 is 0 Å². The fourth-order valence-corrected chi connectivity index (χ4v) is 0.788. The molecule has 0 bridgehead atoms. The maximum absolute atomic E-state index is 10.8. The molecule has 0 aliphatic heterocycles. The van der Waals surface area contributed by atoms with Crippen LogP contribution in [0.15, 0.2) is 0 Å². The molecule has 0 aromatic heterocycles. The van der Waals surface area contributed by atoms with Crippen LogP contribution in [0.1, 0.15) is 6.92 Å². The molecule has 0 rings (SSSR count). The minimum absolute atomic E-state index is 0.0185. The molecule has 0 aromatic carbocycles. The van der Waals surface area contributed by atoms with E-state index in [1.165, 1.54) is 0 Å². The number of rotatable bonds is 4. The summed E-state index contributed by atoms with van der Waals surface area (Å²) in [5.74, 6) is 0.191. The smallest absolute Gasteiger partial charge is 0.147 e. The van der Waals surface area contributed by atoms with E-state index in [-0.39, 0.29) is 11.8 Å². The van der Waals surface area contributed by atoms with Crippen molar-refractivity contribution in [2.24, 2.45) is 0 Å². The van der Waals surface area contributed by atoms with Crippen molar-refractivity contribution in [3.63, 3.8) is 0 Å². The number of hydrogen-bond donors (Lipinski definition) is 1. The van der Waals surface area contributed by atoms with Gasteiger partial charge in [0, 0.05) is 6.54 Å². The van der Waals surface area contributed by atoms with Gasteiger partial charge in [0.15, 0.2) is 0 Å². The molecule has 60 valence electrons. The van der Waals surface area contributed by atoms with Gasteiger partial charge in [0.2, 0.25) is 0 Å². The topological polar surface area (TPSA) is 32.3 Å². The summed E-state index contributed by atoms with van der Waals surface area (Å²) in [6, 6.07) is -0.0185. The molecule has 1 N–H and O–H groups in total. The summed E-state index contributed by atoms with van der Waals surface area (Å²) in [5.41, 5.74) is 0. The Balaban J connectivity index is 3.72. The number of carbonyl (C=O) groups excluding carboxylic acids is 1. The molecule has 10 heavy (non-hydrogen) atoms. The normalized spacial score (nSPS) is 13.7. The molecule has 0 amide bonds. The Morgan fingerprint density at radius 1 is 1.60 bits per heavy atom. The first-order chi connectivity index (χ1) is 4.57. The molecule has 0 fully saturated rings. The summed E-state index contributed by atoms with van der Waals surface area (Å²) in [6.07, 6.45) is 0. The van der Waals surface area contributed by atoms with Crippen LogP contribution in [0, 0.1) is 0 Å². The number of nitrogens with one attached hydrogen (secondary N) is 1. The molecule has 1 atom stereocenters. The largest absolute Gasteiger partial charge is 0.310 e. The van der Waals surface area contributed by atoms with Gasteiger partial charge in [0.25, 0.3) is 0 Å². The van der Waals surface area contributed by atoms with Crippen LogP contribution in [0.25, 0.3) is 0 Å². The van der Waals surface area contributed by atoms with Crippen molar-refractivity contribution < 1.29 is 4.79 Å². The first-order valence-corrected chi connectivity index (χ1v) is 3.40. The summed E-state index contributed by atoms with van der Waals surface area (Å²) < 4.78 is 0. The molecule has 0 unspecified atom stereocenters. The van der Waals surface area contributed by atoms with Crippen LogP contribution in [0.4, 0.5) is 0 Å². The van der Waals surface area contributed by atoms with Gasteiger partial charge in [0.05, 0.1) is 6.04 Å². The zero-order chi connectivity index (χ0) is 8.15. The van der Waals surface area contributed by atoms with Crippen LogP contribution in [0.2, 0.25) is 0 Å². The van der Waals surface area contributed by atoms with E-state index < -0.39 is 0 Å². The van der Waals surface area contributed by atoms with Crippen molar-refractivity contribution in [2.75, 3.05) is 27.7 Å². The fourth-order valence-electron chi connectivity index (χ4n) is 0.788. The maximum atomic E-state index is 10.8. The van der Waals surface area contributed by atoms with Gasteiger partial charge in [-0.05, 0) is 28.1 Å². The lowest BCUT2D eigenvalue weighted by atomic mass is 10.2. The Morgan fingerprint density at radius 2 is 2.10 bits per heavy atom. The second-order valence-corrected chi connectivity index (χ2v) is 2.71. The van der Waals surface area contributed by atoms with Crippen molar-refractivity contribution in [3.05, 3.63) is 0 Å². The molecule has 0 radical (unpaired) electrons. The van der Waals surface area contributed by atoms with Gasteiger partial charge < -0.3 is 10.2 Å². The predicted octanol–water partition coefficient (Wildman–Crippen LogP) is -0.275. The quantitative estimate of drug-likeness (QED) is 0.589. The minimum Gasteiger partial charge on any atom is -0.310 e. The van der Waals surface area contributed by atoms with Crippen molar-refractivity contribution >= 4 is 5.78 Å². The average Bonchev–Trinajstić information content (AvgIpc) is 1.81. The molecule has 0 aliphatic rings. The molecular formula is C7H16N2O. The van der Waals surface area contributed by atoms with Gasteiger partial charge in [-0.3, -0.25) is 4.79 Å². The van der Waals surface area contributed by atoms with Crippen LogP contribution < -0.4 is 5.32 Å². The summed E-state index contributed by atoms with van der Waals surface area (Å²) in [4.78, 5) is 12.8. The zero-order valence-electron chi connectivity index (χ0n) is 7.14. The lowest BCUT2D eigenvalue weighted by Gasteiger charge is -2.17. The highest BCUT2D eigenvalue weighted by molar-refractivity contribution is 5.81. The monoisotopic (exact) mass is 144 g/mol. The highest BCUT2D eigenvalue weighted by Crippen LogP contribution is 1.86. The SMILES string of the molecule is CN[C@H](CN(C)C)C(C)=O. The van der Waals surface area contributed by atoms with E-state index in [9.17, 15) is 4.79 Å². The van der Waals surface area contributed by atoms with Crippen LogP contribution in [0.5, 0.6) is 0 Å². The minimum atomic E-state index is -0.0185. The summed E-state index contributed by atoms with van der Waals surface area (Å²) in [7, 11) is 5.70. The number of carbonyl (C=O) groups is 1. The van der Waals surface area contributed by atoms with E-state index in [1.54, 1.807) is 14.0 Å². The lowest BCUT2D eigenvalue weighted by molar-refractivity contribution is -0.119. The second kappa shape index (κ2) is 4.41. The van der Waals surface area contributed by atoms with E-state index in [2.05, 4.69) is 5.32 Å². The zero-order valence-corrected chi connectivity index (χ0v) is 7.14. The van der Waals surface area contributed by atoms with E-state index in [0.29, 0.717) is 0 Å². The highest BCUT2D eigenvalue weighted by atomic mass is 16.1. The molecule has 3 nitrogen and oxygen atoms in total. The molecular weight excluding hydrogens is 128 g/mol.